The van der Waals surface area contributed by atoms with Crippen LogP contribution >= 0.6 is 0 Å². The third-order valence-corrected chi connectivity index (χ3v) is 3.13. The van der Waals surface area contributed by atoms with Gasteiger partial charge in [0.25, 0.3) is 5.91 Å². The molecule has 0 saturated carbocycles. The van der Waals surface area contributed by atoms with Gasteiger partial charge in [-0.25, -0.2) is 13.6 Å². The number of carboxylic acids is 1. The zero-order valence-electron chi connectivity index (χ0n) is 12.1. The van der Waals surface area contributed by atoms with Gasteiger partial charge in [0.2, 0.25) is 0 Å². The Morgan fingerprint density at radius 2 is 1.83 bits per heavy atom. The molecule has 7 heteroatoms. The van der Waals surface area contributed by atoms with Crippen LogP contribution in [0.1, 0.15) is 26.3 Å². The zero-order valence-corrected chi connectivity index (χ0v) is 12.1. The van der Waals surface area contributed by atoms with E-state index >= 15 is 0 Å². The lowest BCUT2D eigenvalue weighted by Crippen LogP contribution is -2.24. The second-order valence-electron chi connectivity index (χ2n) is 4.62. The van der Waals surface area contributed by atoms with E-state index in [1.807, 2.05) is 0 Å². The molecule has 23 heavy (non-hydrogen) atoms. The number of rotatable bonds is 5. The first-order valence-electron chi connectivity index (χ1n) is 6.56. The third-order valence-electron chi connectivity index (χ3n) is 3.13. The maximum atomic E-state index is 13.1. The Morgan fingerprint density at radius 3 is 2.43 bits per heavy atom. The second kappa shape index (κ2) is 6.87. The fraction of sp³-hybridized carbons (Fsp3) is 0.125. The van der Waals surface area contributed by atoms with Crippen LogP contribution in [0.5, 0.6) is 5.75 Å². The summed E-state index contributed by atoms with van der Waals surface area (Å²) in [6.07, 6.45) is 0. The lowest BCUT2D eigenvalue weighted by atomic mass is 10.1. The van der Waals surface area contributed by atoms with Crippen molar-refractivity contribution >= 4 is 11.9 Å². The van der Waals surface area contributed by atoms with Gasteiger partial charge in [0.05, 0.1) is 12.7 Å². The highest BCUT2D eigenvalue weighted by atomic mass is 19.2. The number of amides is 1. The van der Waals surface area contributed by atoms with Crippen molar-refractivity contribution < 1.29 is 28.2 Å². The molecule has 0 heterocycles. The predicted octanol–water partition coefficient (Wildman–Crippen LogP) is 2.60. The number of hydrogen-bond acceptors (Lipinski definition) is 3. The van der Waals surface area contributed by atoms with E-state index < -0.39 is 23.5 Å². The summed E-state index contributed by atoms with van der Waals surface area (Å²) in [5.41, 5.74) is 0.258. The molecule has 5 nitrogen and oxygen atoms in total. The first-order chi connectivity index (χ1) is 10.9. The second-order valence-corrected chi connectivity index (χ2v) is 4.62. The van der Waals surface area contributed by atoms with Gasteiger partial charge in [0, 0.05) is 6.54 Å². The molecule has 2 aromatic carbocycles. The summed E-state index contributed by atoms with van der Waals surface area (Å²) in [5.74, 6) is -3.87. The number of aromatic carboxylic acids is 1. The van der Waals surface area contributed by atoms with E-state index in [4.69, 9.17) is 9.84 Å². The van der Waals surface area contributed by atoms with Gasteiger partial charge in [-0.2, -0.15) is 0 Å². The molecular weight excluding hydrogens is 308 g/mol. The average molecular weight is 321 g/mol. The molecule has 0 fully saturated rings. The Kier molecular flexibility index (Phi) is 4.90. The van der Waals surface area contributed by atoms with Gasteiger partial charge in [-0.1, -0.05) is 12.1 Å². The number of methoxy groups -OCH3 is 1. The van der Waals surface area contributed by atoms with Crippen molar-refractivity contribution in [1.82, 2.24) is 5.32 Å². The largest absolute Gasteiger partial charge is 0.495 e. The molecule has 2 N–H and O–H groups in total. The predicted molar refractivity (Wildman–Crippen MR) is 77.5 cm³/mol. The average Bonchev–Trinajstić information content (AvgIpc) is 2.54. The number of carboxylic acid groups (broad SMARTS) is 1. The molecular formula is C16H13F2NO4. The molecule has 0 aliphatic rings. The number of nitrogens with one attached hydrogen (secondary N) is 1. The van der Waals surface area contributed by atoms with Crippen molar-refractivity contribution in [2.45, 2.75) is 6.54 Å². The van der Waals surface area contributed by atoms with E-state index in [0.29, 0.717) is 5.56 Å². The summed E-state index contributed by atoms with van der Waals surface area (Å²) in [5, 5.41) is 11.6. The molecule has 2 rings (SSSR count). The number of halogens is 2. The monoisotopic (exact) mass is 321 g/mol. The molecule has 0 aromatic heterocycles. The Bertz CT molecular complexity index is 762. The molecule has 0 unspecified atom stereocenters. The highest BCUT2D eigenvalue weighted by Crippen LogP contribution is 2.24. The minimum atomic E-state index is -1.22. The van der Waals surface area contributed by atoms with Crippen molar-refractivity contribution in [3.8, 4) is 5.75 Å². The lowest BCUT2D eigenvalue weighted by Gasteiger charge is -2.11. The van der Waals surface area contributed by atoms with Gasteiger partial charge in [0.1, 0.15) is 11.3 Å². The number of carbonyl (C=O) groups excluding carboxylic acids is 1. The van der Waals surface area contributed by atoms with Crippen LogP contribution in [-0.2, 0) is 6.54 Å². The van der Waals surface area contributed by atoms with E-state index in [0.717, 1.165) is 12.1 Å². The summed E-state index contributed by atoms with van der Waals surface area (Å²) in [6, 6.07) is 7.41. The first kappa shape index (κ1) is 16.4. The van der Waals surface area contributed by atoms with Crippen LogP contribution in [0.3, 0.4) is 0 Å². The van der Waals surface area contributed by atoms with Gasteiger partial charge < -0.3 is 15.2 Å². The van der Waals surface area contributed by atoms with Gasteiger partial charge in [-0.3, -0.25) is 4.79 Å². The smallest absolute Gasteiger partial charge is 0.339 e. The Hall–Kier alpha value is -2.96. The van der Waals surface area contributed by atoms with Gasteiger partial charge in [0.15, 0.2) is 11.6 Å². The number of hydrogen-bond donors (Lipinski definition) is 2. The fourth-order valence-corrected chi connectivity index (χ4v) is 2.03. The standard InChI is InChI=1S/C16H13F2NO4/c1-23-14-10(3-2-4-11(14)16(21)22)15(20)19-8-9-5-6-12(17)13(18)7-9/h2-7H,8H2,1H3,(H,19,20)(H,21,22). The fourth-order valence-electron chi connectivity index (χ4n) is 2.03. The minimum absolute atomic E-state index is 0.0370. The van der Waals surface area contributed by atoms with Gasteiger partial charge in [-0.05, 0) is 29.8 Å². The van der Waals surface area contributed by atoms with Gasteiger partial charge in [-0.15, -0.1) is 0 Å². The van der Waals surface area contributed by atoms with Crippen LogP contribution < -0.4 is 10.1 Å². The highest BCUT2D eigenvalue weighted by molar-refractivity contribution is 6.01. The highest BCUT2D eigenvalue weighted by Gasteiger charge is 2.19. The molecule has 0 atom stereocenters. The molecule has 0 aliphatic heterocycles. The topological polar surface area (TPSA) is 75.6 Å². The molecule has 0 radical (unpaired) electrons. The van der Waals surface area contributed by atoms with E-state index in [9.17, 15) is 18.4 Å². The lowest BCUT2D eigenvalue weighted by molar-refractivity contribution is 0.0693. The van der Waals surface area contributed by atoms with Crippen LogP contribution in [-0.4, -0.2) is 24.1 Å². The zero-order chi connectivity index (χ0) is 17.0. The number of carbonyl (C=O) groups is 2. The molecule has 0 bridgehead atoms. The van der Waals surface area contributed by atoms with Crippen LogP contribution in [0.4, 0.5) is 8.78 Å². The van der Waals surface area contributed by atoms with Crippen molar-refractivity contribution in [1.29, 1.82) is 0 Å². The summed E-state index contributed by atoms with van der Waals surface area (Å²) in [7, 11) is 1.26. The maximum absolute atomic E-state index is 13.1. The van der Waals surface area contributed by atoms with Crippen molar-refractivity contribution in [2.24, 2.45) is 0 Å². The molecule has 0 saturated heterocycles. The SMILES string of the molecule is COc1c(C(=O)O)cccc1C(=O)NCc1ccc(F)c(F)c1. The van der Waals surface area contributed by atoms with Crippen molar-refractivity contribution in [2.75, 3.05) is 7.11 Å². The summed E-state index contributed by atoms with van der Waals surface area (Å²) in [4.78, 5) is 23.3. The Morgan fingerprint density at radius 1 is 1.13 bits per heavy atom. The Balaban J connectivity index is 2.19. The van der Waals surface area contributed by atoms with Crippen molar-refractivity contribution in [3.05, 3.63) is 64.7 Å². The van der Waals surface area contributed by atoms with Crippen LogP contribution in [0.2, 0.25) is 0 Å². The summed E-state index contributed by atoms with van der Waals surface area (Å²) in [6.45, 7) is -0.0452. The summed E-state index contributed by atoms with van der Waals surface area (Å²) < 4.78 is 31.0. The van der Waals surface area contributed by atoms with Crippen LogP contribution in [0.25, 0.3) is 0 Å². The van der Waals surface area contributed by atoms with E-state index in [1.165, 1.54) is 31.4 Å². The van der Waals surface area contributed by atoms with E-state index in [-0.39, 0.29) is 23.4 Å². The van der Waals surface area contributed by atoms with Crippen molar-refractivity contribution in [3.63, 3.8) is 0 Å². The van der Waals surface area contributed by atoms with E-state index in [1.54, 1.807) is 0 Å². The third kappa shape index (κ3) is 3.63. The first-order valence-corrected chi connectivity index (χ1v) is 6.56. The quantitative estimate of drug-likeness (QED) is 0.887. The summed E-state index contributed by atoms with van der Waals surface area (Å²) >= 11 is 0. The molecule has 120 valence electrons. The normalized spacial score (nSPS) is 10.2. The van der Waals surface area contributed by atoms with Gasteiger partial charge >= 0.3 is 5.97 Å². The van der Waals surface area contributed by atoms with Crippen LogP contribution in [0, 0.1) is 11.6 Å². The number of benzene rings is 2. The maximum Gasteiger partial charge on any atom is 0.339 e. The molecule has 2 aromatic rings. The van der Waals surface area contributed by atoms with Crippen LogP contribution in [0.15, 0.2) is 36.4 Å². The Labute approximate surface area is 130 Å². The molecule has 1 amide bonds. The van der Waals surface area contributed by atoms with E-state index in [2.05, 4.69) is 5.32 Å². The molecule has 0 aliphatic carbocycles. The number of para-hydroxylation sites is 1. The molecule has 0 spiro atoms. The number of ether oxygens (including phenoxy) is 1. The minimum Gasteiger partial charge on any atom is -0.495 e.